The monoisotopic (exact) mass is 385 g/mol. The molecular weight excluding hydrogens is 373 g/mol. The zero-order valence-electron chi connectivity index (χ0n) is 10.4. The van der Waals surface area contributed by atoms with Crippen LogP contribution in [0.4, 0.5) is 5.69 Å². The van der Waals surface area contributed by atoms with Crippen LogP contribution < -0.4 is 5.32 Å². The molecule has 0 aliphatic heterocycles. The molecule has 0 aliphatic carbocycles. The van der Waals surface area contributed by atoms with Crippen LogP contribution in [0.5, 0.6) is 0 Å². The summed E-state index contributed by atoms with van der Waals surface area (Å²) in [6, 6.07) is 12.9. The van der Waals surface area contributed by atoms with E-state index in [2.05, 4.69) is 40.9 Å². The molecular formula is C15H13ClINO. The Morgan fingerprint density at radius 3 is 2.53 bits per heavy atom. The third-order valence-electron chi connectivity index (χ3n) is 2.80. The fourth-order valence-corrected chi connectivity index (χ4v) is 2.45. The van der Waals surface area contributed by atoms with Crippen LogP contribution in [0, 0.1) is 3.57 Å². The highest BCUT2D eigenvalue weighted by Crippen LogP contribution is 2.20. The van der Waals surface area contributed by atoms with Gasteiger partial charge in [0.1, 0.15) is 0 Å². The van der Waals surface area contributed by atoms with Crippen LogP contribution in [0.1, 0.15) is 22.8 Å². The van der Waals surface area contributed by atoms with Crippen molar-refractivity contribution in [2.75, 3.05) is 5.32 Å². The Labute approximate surface area is 131 Å². The van der Waals surface area contributed by atoms with E-state index in [9.17, 15) is 4.79 Å². The first-order valence-electron chi connectivity index (χ1n) is 5.95. The van der Waals surface area contributed by atoms with Gasteiger partial charge in [0, 0.05) is 19.8 Å². The quantitative estimate of drug-likeness (QED) is 0.758. The second-order valence-corrected chi connectivity index (χ2v) is 5.80. The standard InChI is InChI=1S/C15H13ClINO/c1-2-10-9-13(17)7-8-14(10)18-15(19)11-3-5-12(16)6-4-11/h3-9H,2H2,1H3,(H,18,19). The summed E-state index contributed by atoms with van der Waals surface area (Å²) >= 11 is 8.08. The Morgan fingerprint density at radius 2 is 1.89 bits per heavy atom. The first-order chi connectivity index (χ1) is 9.10. The van der Waals surface area contributed by atoms with Gasteiger partial charge in [-0.05, 0) is 77.0 Å². The molecule has 1 amide bonds. The number of carbonyl (C=O) groups is 1. The van der Waals surface area contributed by atoms with E-state index < -0.39 is 0 Å². The molecule has 0 bridgehead atoms. The van der Waals surface area contributed by atoms with Crippen molar-refractivity contribution in [2.45, 2.75) is 13.3 Å². The van der Waals surface area contributed by atoms with Crippen molar-refractivity contribution in [2.24, 2.45) is 0 Å². The molecule has 0 saturated carbocycles. The van der Waals surface area contributed by atoms with Crippen LogP contribution in [-0.4, -0.2) is 5.91 Å². The predicted octanol–water partition coefficient (Wildman–Crippen LogP) is 4.76. The fourth-order valence-electron chi connectivity index (χ4n) is 1.77. The van der Waals surface area contributed by atoms with Crippen molar-refractivity contribution in [1.29, 1.82) is 0 Å². The van der Waals surface area contributed by atoms with Crippen LogP contribution in [0.15, 0.2) is 42.5 Å². The minimum Gasteiger partial charge on any atom is -0.322 e. The van der Waals surface area contributed by atoms with Crippen LogP contribution in [0.25, 0.3) is 0 Å². The second-order valence-electron chi connectivity index (χ2n) is 4.12. The lowest BCUT2D eigenvalue weighted by Gasteiger charge is -2.10. The summed E-state index contributed by atoms with van der Waals surface area (Å²) in [5.74, 6) is -0.118. The Bertz CT molecular complexity index is 596. The van der Waals surface area contributed by atoms with Gasteiger partial charge in [0.15, 0.2) is 0 Å². The van der Waals surface area contributed by atoms with Crippen molar-refractivity contribution in [1.82, 2.24) is 0 Å². The van der Waals surface area contributed by atoms with Crippen LogP contribution >= 0.6 is 34.2 Å². The molecule has 0 unspecified atom stereocenters. The first-order valence-corrected chi connectivity index (χ1v) is 7.41. The van der Waals surface area contributed by atoms with Crippen LogP contribution in [-0.2, 0) is 6.42 Å². The van der Waals surface area contributed by atoms with Crippen LogP contribution in [0.2, 0.25) is 5.02 Å². The smallest absolute Gasteiger partial charge is 0.255 e. The van der Waals surface area contributed by atoms with Crippen molar-refractivity contribution in [3.63, 3.8) is 0 Å². The Balaban J connectivity index is 2.21. The lowest BCUT2D eigenvalue weighted by atomic mass is 10.1. The van der Waals surface area contributed by atoms with E-state index in [1.807, 2.05) is 12.1 Å². The molecule has 0 atom stereocenters. The van der Waals surface area contributed by atoms with E-state index in [0.717, 1.165) is 17.7 Å². The number of benzene rings is 2. The van der Waals surface area contributed by atoms with Gasteiger partial charge in [-0.2, -0.15) is 0 Å². The molecule has 2 aromatic rings. The molecule has 2 rings (SSSR count). The van der Waals surface area contributed by atoms with Gasteiger partial charge in [-0.25, -0.2) is 0 Å². The van der Waals surface area contributed by atoms with E-state index in [-0.39, 0.29) is 5.91 Å². The average Bonchev–Trinajstić information content (AvgIpc) is 2.41. The van der Waals surface area contributed by atoms with Crippen LogP contribution in [0.3, 0.4) is 0 Å². The maximum Gasteiger partial charge on any atom is 0.255 e. The molecule has 0 aromatic heterocycles. The zero-order chi connectivity index (χ0) is 13.8. The summed E-state index contributed by atoms with van der Waals surface area (Å²) in [7, 11) is 0. The van der Waals surface area contributed by atoms with Gasteiger partial charge < -0.3 is 5.32 Å². The number of hydrogen-bond donors (Lipinski definition) is 1. The first kappa shape index (κ1) is 14.3. The van der Waals surface area contributed by atoms with Gasteiger partial charge in [0.2, 0.25) is 0 Å². The molecule has 2 nitrogen and oxygen atoms in total. The van der Waals surface area contributed by atoms with Gasteiger partial charge in [-0.1, -0.05) is 18.5 Å². The van der Waals surface area contributed by atoms with Crippen molar-refractivity contribution >= 4 is 45.8 Å². The molecule has 0 spiro atoms. The Kier molecular flexibility index (Phi) is 4.82. The molecule has 98 valence electrons. The third-order valence-corrected chi connectivity index (χ3v) is 3.73. The van der Waals surface area contributed by atoms with E-state index in [1.54, 1.807) is 24.3 Å². The molecule has 1 N–H and O–H groups in total. The maximum absolute atomic E-state index is 12.1. The number of halogens is 2. The normalized spacial score (nSPS) is 10.3. The highest BCUT2D eigenvalue weighted by atomic mass is 127. The van der Waals surface area contributed by atoms with Crippen molar-refractivity contribution in [3.8, 4) is 0 Å². The lowest BCUT2D eigenvalue weighted by Crippen LogP contribution is -2.13. The van der Waals surface area contributed by atoms with E-state index in [4.69, 9.17) is 11.6 Å². The summed E-state index contributed by atoms with van der Waals surface area (Å²) in [6.45, 7) is 2.07. The summed E-state index contributed by atoms with van der Waals surface area (Å²) in [5.41, 5.74) is 2.60. The number of carbonyl (C=O) groups excluding carboxylic acids is 1. The van der Waals surface area contributed by atoms with E-state index >= 15 is 0 Å². The number of rotatable bonds is 3. The SMILES string of the molecule is CCc1cc(I)ccc1NC(=O)c1ccc(Cl)cc1. The highest BCUT2D eigenvalue weighted by molar-refractivity contribution is 14.1. The van der Waals surface area contributed by atoms with Gasteiger partial charge in [0.25, 0.3) is 5.91 Å². The number of aryl methyl sites for hydroxylation is 1. The average molecular weight is 386 g/mol. The van der Waals surface area contributed by atoms with Crippen molar-refractivity contribution < 1.29 is 4.79 Å². The van der Waals surface area contributed by atoms with Crippen molar-refractivity contribution in [3.05, 3.63) is 62.2 Å². The fraction of sp³-hybridized carbons (Fsp3) is 0.133. The summed E-state index contributed by atoms with van der Waals surface area (Å²) in [6.07, 6.45) is 0.882. The van der Waals surface area contributed by atoms with Gasteiger partial charge in [0.05, 0.1) is 0 Å². The lowest BCUT2D eigenvalue weighted by molar-refractivity contribution is 0.102. The molecule has 19 heavy (non-hydrogen) atoms. The Morgan fingerprint density at radius 1 is 1.21 bits per heavy atom. The largest absolute Gasteiger partial charge is 0.322 e. The zero-order valence-corrected chi connectivity index (χ0v) is 13.3. The number of anilines is 1. The second kappa shape index (κ2) is 6.39. The molecule has 0 saturated heterocycles. The maximum atomic E-state index is 12.1. The molecule has 0 radical (unpaired) electrons. The highest BCUT2D eigenvalue weighted by Gasteiger charge is 2.08. The molecule has 2 aromatic carbocycles. The summed E-state index contributed by atoms with van der Waals surface area (Å²) in [4.78, 5) is 12.1. The third kappa shape index (κ3) is 3.70. The number of amides is 1. The minimum absolute atomic E-state index is 0.118. The minimum atomic E-state index is -0.118. The number of hydrogen-bond acceptors (Lipinski definition) is 1. The molecule has 0 heterocycles. The van der Waals surface area contributed by atoms with Gasteiger partial charge in [-0.3, -0.25) is 4.79 Å². The topological polar surface area (TPSA) is 29.1 Å². The summed E-state index contributed by atoms with van der Waals surface area (Å²) in [5, 5.41) is 3.56. The summed E-state index contributed by atoms with van der Waals surface area (Å²) < 4.78 is 1.17. The van der Waals surface area contributed by atoms with E-state index in [0.29, 0.717) is 10.6 Å². The molecule has 4 heteroatoms. The number of nitrogens with one attached hydrogen (secondary N) is 1. The predicted molar refractivity (Wildman–Crippen MR) is 87.9 cm³/mol. The van der Waals surface area contributed by atoms with E-state index in [1.165, 1.54) is 3.57 Å². The molecule has 0 aliphatic rings. The van der Waals surface area contributed by atoms with Gasteiger partial charge in [-0.15, -0.1) is 0 Å². The molecule has 0 fully saturated rings. The Hall–Kier alpha value is -1.07. The van der Waals surface area contributed by atoms with Gasteiger partial charge >= 0.3 is 0 Å².